The minimum atomic E-state index is -0.487. The van der Waals surface area contributed by atoms with E-state index in [0.717, 1.165) is 25.7 Å². The van der Waals surface area contributed by atoms with Crippen LogP contribution in [0.2, 0.25) is 15.1 Å². The summed E-state index contributed by atoms with van der Waals surface area (Å²) in [6.45, 7) is 2.53. The highest BCUT2D eigenvalue weighted by atomic mass is 35.5. The molecule has 0 aliphatic carbocycles. The monoisotopic (exact) mass is 427 g/mol. The summed E-state index contributed by atoms with van der Waals surface area (Å²) in [5.74, 6) is -0.871. The lowest BCUT2D eigenvalue weighted by molar-refractivity contribution is 0.0498. The highest BCUT2D eigenvalue weighted by molar-refractivity contribution is 6.46. The molecular formula is C20H20Cl3NO3. The minimum Gasteiger partial charge on any atom is -0.462 e. The number of halogens is 3. The number of anilines is 1. The van der Waals surface area contributed by atoms with Crippen molar-refractivity contribution in [3.05, 3.63) is 62.6 Å². The molecule has 0 atom stereocenters. The van der Waals surface area contributed by atoms with Crippen LogP contribution >= 0.6 is 34.8 Å². The van der Waals surface area contributed by atoms with Gasteiger partial charge in [-0.15, -0.1) is 0 Å². The van der Waals surface area contributed by atoms with Crippen LogP contribution in [-0.2, 0) is 4.74 Å². The first-order chi connectivity index (χ1) is 12.9. The van der Waals surface area contributed by atoms with E-state index in [4.69, 9.17) is 39.5 Å². The molecule has 0 saturated heterocycles. The lowest BCUT2D eigenvalue weighted by atomic mass is 10.1. The van der Waals surface area contributed by atoms with Crippen LogP contribution in [0.4, 0.5) is 5.69 Å². The van der Waals surface area contributed by atoms with Crippen molar-refractivity contribution in [3.63, 3.8) is 0 Å². The van der Waals surface area contributed by atoms with Gasteiger partial charge in [0.15, 0.2) is 0 Å². The SMILES string of the molecule is CCCCCCOC(=O)c1ccc(NC(=O)c2c(Cl)ccc(Cl)c2Cl)cc1. The van der Waals surface area contributed by atoms with Crippen molar-refractivity contribution in [2.24, 2.45) is 0 Å². The number of ether oxygens (including phenoxy) is 1. The Kier molecular flexibility index (Phi) is 8.42. The van der Waals surface area contributed by atoms with Crippen molar-refractivity contribution < 1.29 is 14.3 Å². The van der Waals surface area contributed by atoms with Crippen molar-refractivity contribution in [3.8, 4) is 0 Å². The van der Waals surface area contributed by atoms with E-state index in [2.05, 4.69) is 12.2 Å². The maximum absolute atomic E-state index is 12.4. The average molecular weight is 429 g/mol. The molecule has 0 fully saturated rings. The van der Waals surface area contributed by atoms with Crippen LogP contribution in [0.5, 0.6) is 0 Å². The van der Waals surface area contributed by atoms with Crippen molar-refractivity contribution in [1.29, 1.82) is 0 Å². The Morgan fingerprint density at radius 1 is 0.926 bits per heavy atom. The number of carbonyl (C=O) groups is 2. The molecule has 2 aromatic rings. The van der Waals surface area contributed by atoms with Crippen molar-refractivity contribution >= 4 is 52.4 Å². The highest BCUT2D eigenvalue weighted by Crippen LogP contribution is 2.32. The largest absolute Gasteiger partial charge is 0.462 e. The van der Waals surface area contributed by atoms with Crippen LogP contribution in [0.3, 0.4) is 0 Å². The number of unbranched alkanes of at least 4 members (excludes halogenated alkanes) is 3. The molecule has 2 aromatic carbocycles. The standard InChI is InChI=1S/C20H20Cl3NO3/c1-2-3-4-5-12-27-20(26)13-6-8-14(9-7-13)24-19(25)17-15(21)10-11-16(22)18(17)23/h6-11H,2-5,12H2,1H3,(H,24,25). The number of hydrogen-bond acceptors (Lipinski definition) is 3. The third kappa shape index (κ3) is 6.13. The Morgan fingerprint density at radius 3 is 2.26 bits per heavy atom. The molecule has 7 heteroatoms. The predicted molar refractivity (Wildman–Crippen MR) is 110 cm³/mol. The minimum absolute atomic E-state index is 0.0879. The molecule has 0 bridgehead atoms. The molecule has 0 heterocycles. The normalized spacial score (nSPS) is 10.5. The number of esters is 1. The van der Waals surface area contributed by atoms with Gasteiger partial charge in [0.1, 0.15) is 0 Å². The smallest absolute Gasteiger partial charge is 0.338 e. The van der Waals surface area contributed by atoms with Gasteiger partial charge in [0.05, 0.1) is 32.8 Å². The van der Waals surface area contributed by atoms with E-state index in [1.165, 1.54) is 12.1 Å². The van der Waals surface area contributed by atoms with Crippen LogP contribution in [0, 0.1) is 0 Å². The van der Waals surface area contributed by atoms with Gasteiger partial charge in [-0.3, -0.25) is 4.79 Å². The number of rotatable bonds is 8. The number of carbonyl (C=O) groups excluding carboxylic acids is 2. The summed E-state index contributed by atoms with van der Waals surface area (Å²) in [5, 5.41) is 3.21. The van der Waals surface area contributed by atoms with Gasteiger partial charge < -0.3 is 10.1 Å². The number of benzene rings is 2. The molecule has 0 aliphatic heterocycles. The molecule has 0 radical (unpaired) electrons. The summed E-state index contributed by atoms with van der Waals surface area (Å²) in [7, 11) is 0. The summed E-state index contributed by atoms with van der Waals surface area (Å²) >= 11 is 18.0. The second-order valence-corrected chi connectivity index (χ2v) is 7.14. The van der Waals surface area contributed by atoms with Crippen LogP contribution in [0.15, 0.2) is 36.4 Å². The predicted octanol–water partition coefficient (Wildman–Crippen LogP) is 6.64. The van der Waals surface area contributed by atoms with Crippen molar-refractivity contribution in [2.45, 2.75) is 32.6 Å². The molecule has 0 spiro atoms. The Balaban J connectivity index is 1.97. The fraction of sp³-hybridized carbons (Fsp3) is 0.300. The molecule has 0 aliphatic rings. The fourth-order valence-electron chi connectivity index (χ4n) is 2.40. The molecule has 0 saturated carbocycles. The zero-order chi connectivity index (χ0) is 19.8. The number of hydrogen-bond donors (Lipinski definition) is 1. The van der Waals surface area contributed by atoms with Crippen LogP contribution in [-0.4, -0.2) is 18.5 Å². The molecule has 144 valence electrons. The van der Waals surface area contributed by atoms with Crippen molar-refractivity contribution in [2.75, 3.05) is 11.9 Å². The average Bonchev–Trinajstić information content (AvgIpc) is 2.65. The highest BCUT2D eigenvalue weighted by Gasteiger charge is 2.17. The third-order valence-corrected chi connectivity index (χ3v) is 5.00. The van der Waals surface area contributed by atoms with E-state index < -0.39 is 5.91 Å². The summed E-state index contributed by atoms with van der Waals surface area (Å²) in [5.41, 5.74) is 1.01. The Hall–Kier alpha value is -1.75. The quantitative estimate of drug-likeness (QED) is 0.291. The van der Waals surface area contributed by atoms with E-state index in [0.29, 0.717) is 17.9 Å². The molecule has 1 N–H and O–H groups in total. The second kappa shape index (κ2) is 10.5. The molecule has 2 rings (SSSR count). The van der Waals surface area contributed by atoms with Gasteiger partial charge in [0, 0.05) is 5.69 Å². The number of amides is 1. The first kappa shape index (κ1) is 21.5. The summed E-state index contributed by atoms with van der Waals surface area (Å²) < 4.78 is 5.23. The molecule has 0 aromatic heterocycles. The number of nitrogens with one attached hydrogen (secondary N) is 1. The Bertz CT molecular complexity index is 807. The maximum atomic E-state index is 12.4. The molecule has 4 nitrogen and oxygen atoms in total. The molecular weight excluding hydrogens is 409 g/mol. The van der Waals surface area contributed by atoms with E-state index in [-0.39, 0.29) is 26.6 Å². The molecule has 27 heavy (non-hydrogen) atoms. The third-order valence-electron chi connectivity index (χ3n) is 3.88. The van der Waals surface area contributed by atoms with Gasteiger partial charge in [0.2, 0.25) is 0 Å². The summed E-state index contributed by atoms with van der Waals surface area (Å²) in [6, 6.07) is 9.42. The maximum Gasteiger partial charge on any atom is 0.338 e. The first-order valence-corrected chi connectivity index (χ1v) is 9.79. The fourth-order valence-corrected chi connectivity index (χ4v) is 3.10. The van der Waals surface area contributed by atoms with Gasteiger partial charge in [-0.25, -0.2) is 4.79 Å². The van der Waals surface area contributed by atoms with Crippen LogP contribution in [0.1, 0.15) is 53.3 Å². The van der Waals surface area contributed by atoms with Gasteiger partial charge in [-0.05, 0) is 42.8 Å². The lowest BCUT2D eigenvalue weighted by Gasteiger charge is -2.10. The van der Waals surface area contributed by atoms with E-state index in [1.54, 1.807) is 24.3 Å². The summed E-state index contributed by atoms with van der Waals surface area (Å²) in [4.78, 5) is 24.4. The van der Waals surface area contributed by atoms with Gasteiger partial charge >= 0.3 is 5.97 Å². The van der Waals surface area contributed by atoms with Gasteiger partial charge in [-0.2, -0.15) is 0 Å². The lowest BCUT2D eigenvalue weighted by Crippen LogP contribution is -2.13. The van der Waals surface area contributed by atoms with Crippen LogP contribution < -0.4 is 5.32 Å². The van der Waals surface area contributed by atoms with E-state index in [1.807, 2.05) is 0 Å². The van der Waals surface area contributed by atoms with Crippen LogP contribution in [0.25, 0.3) is 0 Å². The molecule has 1 amide bonds. The summed E-state index contributed by atoms with van der Waals surface area (Å²) in [6.07, 6.45) is 4.16. The Morgan fingerprint density at radius 2 is 1.59 bits per heavy atom. The van der Waals surface area contributed by atoms with Gasteiger partial charge in [0.25, 0.3) is 5.91 Å². The van der Waals surface area contributed by atoms with Crippen molar-refractivity contribution in [1.82, 2.24) is 0 Å². The molecule has 0 unspecified atom stereocenters. The second-order valence-electron chi connectivity index (χ2n) is 5.95. The van der Waals surface area contributed by atoms with Gasteiger partial charge in [-0.1, -0.05) is 61.0 Å². The zero-order valence-electron chi connectivity index (χ0n) is 14.9. The first-order valence-electron chi connectivity index (χ1n) is 8.66. The van der Waals surface area contributed by atoms with E-state index in [9.17, 15) is 9.59 Å². The zero-order valence-corrected chi connectivity index (χ0v) is 17.1. The Labute approximate surface area is 173 Å². The van der Waals surface area contributed by atoms with E-state index >= 15 is 0 Å². The topological polar surface area (TPSA) is 55.4 Å².